The Morgan fingerprint density at radius 1 is 0.211 bits per heavy atom. The molecule has 0 amide bonds. The number of fused-ring (bicyclic) bond motifs is 15. The number of hydrogen-bond acceptors (Lipinski definition) is 0. The Bertz CT molecular complexity index is 4720. The van der Waals surface area contributed by atoms with Crippen molar-refractivity contribution in [1.82, 2.24) is 0 Å². The molecule has 0 heterocycles. The smallest absolute Gasteiger partial charge is 0.0263 e. The summed E-state index contributed by atoms with van der Waals surface area (Å²) in [5, 5.41) is 0. The zero-order valence-electron chi connectivity index (χ0n) is 69.5. The highest BCUT2D eigenvalue weighted by Gasteiger charge is 2.49. The summed E-state index contributed by atoms with van der Waals surface area (Å²) in [4.78, 5) is 0. The molecule has 109 heavy (non-hydrogen) atoms. The molecule has 0 nitrogen and oxygen atoms in total. The fourth-order valence-corrected chi connectivity index (χ4v) is 22.4. The lowest BCUT2D eigenvalue weighted by Gasteiger charge is -2.35. The standard InChI is InChI=1S/C107H124Br2/c1-65(2)39-47-104(48-40-66(3)4)89-25-21-19-23-81(89)83-33-27-73(55-91(83)104)75-29-35-85-87-37-31-77(59-95(87)106(93(85)57-75,51-43-69(9)10)52-44-70(11)12)79-61-97-101(99(108)63-79)102-98(103(97,17)18)62-80(64-100(102)109)78-32-38-88-86-36-30-76(58-94(86)107(96(88)60-78,53-45-71(13)14)54-46-72(15)16)74-28-34-84-82-24-20-22-26-90(82)105(92(84)56-74,49-41-67(5)6)50-42-68(7)8/h19-38,55-72H,39-54H2,1-18H3. The molecule has 0 aromatic heterocycles. The normalized spacial score (nSPS) is 15.9. The van der Waals surface area contributed by atoms with E-state index in [4.69, 9.17) is 0 Å². The Hall–Kier alpha value is -6.84. The highest BCUT2D eigenvalue weighted by molar-refractivity contribution is 9.11. The summed E-state index contributed by atoms with van der Waals surface area (Å²) in [5.74, 6) is 4.92. The SMILES string of the molecule is CC(C)CCC1(CCC(C)C)c2ccccc2-c2ccc(-c3ccc4c(c3)C(CCC(C)C)(CCC(C)C)c3cc(-c5cc(Br)c6c(c5)C(C)(C)c5cc(-c7ccc8c(c7)C(CCC(C)C)(CCC(C)C)c7cc(-c9ccc%10c(c9)C(CCC(C)C)(CCC(C)C)c9ccccc9-%10)ccc7-8)cc(Br)c5-6)ccc3-4)cc21. The van der Waals surface area contributed by atoms with Crippen LogP contribution in [0, 0.1) is 47.3 Å². The first-order chi connectivity index (χ1) is 52.1. The van der Waals surface area contributed by atoms with E-state index in [-0.39, 0.29) is 27.1 Å². The first kappa shape index (κ1) is 77.5. The largest absolute Gasteiger partial charge is 0.0628 e. The van der Waals surface area contributed by atoms with Gasteiger partial charge >= 0.3 is 0 Å². The molecule has 15 rings (SSSR count). The third-order valence-corrected chi connectivity index (χ3v) is 28.8. The Balaban J connectivity index is 0.789. The monoisotopic (exact) mass is 1570 g/mol. The van der Waals surface area contributed by atoms with Gasteiger partial charge in [0.15, 0.2) is 0 Å². The quantitative estimate of drug-likeness (QED) is 0.0458. The fraction of sp³-hybridized carbons (Fsp3) is 0.439. The van der Waals surface area contributed by atoms with E-state index in [1.807, 2.05) is 0 Å². The van der Waals surface area contributed by atoms with Crippen LogP contribution in [0.25, 0.3) is 100 Å². The highest BCUT2D eigenvalue weighted by Crippen LogP contribution is 2.63. The molecule has 5 aliphatic rings. The maximum Gasteiger partial charge on any atom is 0.0263 e. The number of benzene rings is 10. The van der Waals surface area contributed by atoms with E-state index in [1.54, 1.807) is 22.3 Å². The average Bonchev–Trinajstić information content (AvgIpc) is 1.54. The molecule has 0 unspecified atom stereocenters. The lowest BCUT2D eigenvalue weighted by molar-refractivity contribution is 0.364. The van der Waals surface area contributed by atoms with E-state index in [9.17, 15) is 0 Å². The molecule has 10 aromatic rings. The van der Waals surface area contributed by atoms with E-state index in [2.05, 4.69) is 338 Å². The molecule has 0 aliphatic heterocycles. The van der Waals surface area contributed by atoms with E-state index >= 15 is 0 Å². The summed E-state index contributed by atoms with van der Waals surface area (Å²) < 4.78 is 2.32. The van der Waals surface area contributed by atoms with Crippen LogP contribution in [0.5, 0.6) is 0 Å². The summed E-state index contributed by atoms with van der Waals surface area (Å²) in [6, 6.07) is 74.7. The highest BCUT2D eigenvalue weighted by atomic mass is 79.9. The Kier molecular flexibility index (Phi) is 21.5. The van der Waals surface area contributed by atoms with Crippen LogP contribution < -0.4 is 0 Å². The first-order valence-corrected chi connectivity index (χ1v) is 44.4. The summed E-state index contributed by atoms with van der Waals surface area (Å²) in [6.07, 6.45) is 18.8. The topological polar surface area (TPSA) is 0 Å². The average molecular weight is 1570 g/mol. The van der Waals surface area contributed by atoms with Crippen molar-refractivity contribution in [2.24, 2.45) is 47.3 Å². The number of halogens is 2. The van der Waals surface area contributed by atoms with Gasteiger partial charge in [-0.15, -0.1) is 0 Å². The predicted octanol–water partition coefficient (Wildman–Crippen LogP) is 32.7. The predicted molar refractivity (Wildman–Crippen MR) is 479 cm³/mol. The molecule has 0 N–H and O–H groups in total. The Morgan fingerprint density at radius 3 is 0.615 bits per heavy atom. The minimum atomic E-state index is -0.281. The lowest BCUT2D eigenvalue weighted by Crippen LogP contribution is -2.27. The van der Waals surface area contributed by atoms with Crippen molar-refractivity contribution in [3.8, 4) is 100 Å². The van der Waals surface area contributed by atoms with Gasteiger partial charge in [-0.3, -0.25) is 0 Å². The molecule has 566 valence electrons. The van der Waals surface area contributed by atoms with Crippen molar-refractivity contribution in [3.63, 3.8) is 0 Å². The number of rotatable bonds is 28. The van der Waals surface area contributed by atoms with Crippen LogP contribution in [0.2, 0.25) is 0 Å². The maximum atomic E-state index is 4.35. The Labute approximate surface area is 675 Å². The van der Waals surface area contributed by atoms with Gasteiger partial charge in [-0.25, -0.2) is 0 Å². The van der Waals surface area contributed by atoms with E-state index < -0.39 is 0 Å². The fourth-order valence-electron chi connectivity index (χ4n) is 21.1. The van der Waals surface area contributed by atoms with Crippen LogP contribution in [-0.2, 0) is 27.1 Å². The van der Waals surface area contributed by atoms with Crippen molar-refractivity contribution in [2.45, 2.75) is 254 Å². The molecule has 0 radical (unpaired) electrons. The summed E-state index contributed by atoms with van der Waals surface area (Å²) in [7, 11) is 0. The molecule has 0 saturated heterocycles. The molecule has 0 bridgehead atoms. The molecular weight excluding hydrogens is 1440 g/mol. The summed E-state index contributed by atoms with van der Waals surface area (Å²) in [5.41, 5.74) is 39.2. The van der Waals surface area contributed by atoms with Crippen LogP contribution >= 0.6 is 31.9 Å². The molecular formula is C107H124Br2. The van der Waals surface area contributed by atoms with Crippen molar-refractivity contribution < 1.29 is 0 Å². The van der Waals surface area contributed by atoms with Crippen molar-refractivity contribution in [2.75, 3.05) is 0 Å². The third kappa shape index (κ3) is 13.7. The second kappa shape index (κ2) is 30.3. The van der Waals surface area contributed by atoms with Gasteiger partial charge in [0.25, 0.3) is 0 Å². The summed E-state index contributed by atoms with van der Waals surface area (Å²) >= 11 is 8.71. The van der Waals surface area contributed by atoms with Crippen LogP contribution in [0.1, 0.15) is 283 Å². The maximum absolute atomic E-state index is 4.35. The van der Waals surface area contributed by atoms with Crippen molar-refractivity contribution in [3.05, 3.63) is 247 Å². The lowest BCUT2D eigenvalue weighted by atomic mass is 9.68. The van der Waals surface area contributed by atoms with E-state index in [0.717, 1.165) is 34.6 Å². The molecule has 0 saturated carbocycles. The van der Waals surface area contributed by atoms with Gasteiger partial charge in [0.05, 0.1) is 0 Å². The molecule has 0 atom stereocenters. The molecule has 10 aromatic carbocycles. The van der Waals surface area contributed by atoms with E-state index in [0.29, 0.717) is 47.3 Å². The van der Waals surface area contributed by atoms with Crippen LogP contribution in [0.15, 0.2) is 191 Å². The zero-order chi connectivity index (χ0) is 77.0. The second-order valence-electron chi connectivity index (χ2n) is 38.8. The minimum absolute atomic E-state index is 0.00830. The van der Waals surface area contributed by atoms with Crippen LogP contribution in [0.3, 0.4) is 0 Å². The van der Waals surface area contributed by atoms with Gasteiger partial charge in [0.2, 0.25) is 0 Å². The zero-order valence-corrected chi connectivity index (χ0v) is 72.7. The molecule has 5 aliphatic carbocycles. The van der Waals surface area contributed by atoms with Gasteiger partial charge in [0, 0.05) is 47.1 Å². The van der Waals surface area contributed by atoms with Gasteiger partial charge in [-0.2, -0.15) is 0 Å². The molecule has 0 spiro atoms. The van der Waals surface area contributed by atoms with Crippen molar-refractivity contribution >= 4 is 31.9 Å². The van der Waals surface area contributed by atoms with Gasteiger partial charge in [-0.1, -0.05) is 278 Å². The Morgan fingerprint density at radius 2 is 0.394 bits per heavy atom. The first-order valence-electron chi connectivity index (χ1n) is 42.9. The second-order valence-corrected chi connectivity index (χ2v) is 40.5. The van der Waals surface area contributed by atoms with Gasteiger partial charge in [-0.05, 0) is 355 Å². The molecule has 0 fully saturated rings. The van der Waals surface area contributed by atoms with Crippen LogP contribution in [-0.4, -0.2) is 0 Å². The molecule has 2 heteroatoms. The minimum Gasteiger partial charge on any atom is -0.0628 e. The van der Waals surface area contributed by atoms with Crippen molar-refractivity contribution in [1.29, 1.82) is 0 Å². The van der Waals surface area contributed by atoms with Gasteiger partial charge < -0.3 is 0 Å². The van der Waals surface area contributed by atoms with E-state index in [1.165, 1.54) is 211 Å². The third-order valence-electron chi connectivity index (χ3n) is 27.6. The summed E-state index contributed by atoms with van der Waals surface area (Å²) in [6.45, 7) is 43.7. The van der Waals surface area contributed by atoms with Crippen LogP contribution in [0.4, 0.5) is 0 Å². The number of hydrogen-bond donors (Lipinski definition) is 0. The van der Waals surface area contributed by atoms with Gasteiger partial charge in [0.1, 0.15) is 0 Å².